The van der Waals surface area contributed by atoms with Crippen LogP contribution in [0.1, 0.15) is 46.0 Å². The molecule has 2 fully saturated rings. The minimum absolute atomic E-state index is 0. The van der Waals surface area contributed by atoms with Crippen LogP contribution in [0.15, 0.2) is 0 Å². The summed E-state index contributed by atoms with van der Waals surface area (Å²) in [6, 6.07) is 0.180. The van der Waals surface area contributed by atoms with Crippen molar-refractivity contribution < 1.29 is 34.1 Å². The average molecular weight is 488 g/mol. The topological polar surface area (TPSA) is 154 Å². The van der Waals surface area contributed by atoms with Crippen molar-refractivity contribution in [3.63, 3.8) is 0 Å². The summed E-state index contributed by atoms with van der Waals surface area (Å²) in [6.45, 7) is 2.62. The van der Waals surface area contributed by atoms with Crippen LogP contribution in [0.2, 0.25) is 0 Å². The molecule has 2 aliphatic rings. The van der Waals surface area contributed by atoms with E-state index in [2.05, 4.69) is 16.0 Å². The van der Waals surface area contributed by atoms with Crippen LogP contribution in [0.5, 0.6) is 0 Å². The Balaban J connectivity index is 0.00000480. The number of amides is 3. The standard InChI is InChI=1S/C19H31N3O7S.Ca.2H/c1-19(2,10-23)16(26)17(27)20-8-7-14(25)29-13(24)6-4-3-5-12-15-11(9-30-12)21-18(28)22-15;;;/h11-12,15-16,23,26H,3-10H2,1-2H3,(H,20,27)(H2,21,22,28);;;/t11-,12-,15-,16-;;;/m0.../s1. The van der Waals surface area contributed by atoms with Crippen molar-refractivity contribution >= 4 is 73.4 Å². The van der Waals surface area contributed by atoms with E-state index in [1.807, 2.05) is 11.8 Å². The number of aliphatic hydroxyl groups is 2. The van der Waals surface area contributed by atoms with Crippen LogP contribution in [0.4, 0.5) is 4.79 Å². The molecule has 2 rings (SSSR count). The van der Waals surface area contributed by atoms with Gasteiger partial charge in [-0.05, 0) is 12.8 Å². The summed E-state index contributed by atoms with van der Waals surface area (Å²) in [5, 5.41) is 27.5. The number of hydrogen-bond donors (Lipinski definition) is 5. The first kappa shape index (κ1) is 28.4. The molecule has 3 amide bonds. The number of ether oxygens (including phenoxy) is 1. The van der Waals surface area contributed by atoms with Gasteiger partial charge in [0.25, 0.3) is 0 Å². The van der Waals surface area contributed by atoms with Crippen molar-refractivity contribution in [3.05, 3.63) is 0 Å². The molecule has 0 aliphatic carbocycles. The SMILES string of the molecule is CC(C)(CO)[C@@H](O)C(=O)NCCC(=O)OC(=O)CCCC[C@@H]1SC[C@@H]2NC(=O)N[C@@H]21.[CaH2]. The van der Waals surface area contributed by atoms with Crippen LogP contribution in [-0.2, 0) is 19.1 Å². The quantitative estimate of drug-likeness (QED) is 0.0797. The van der Waals surface area contributed by atoms with E-state index < -0.39 is 29.4 Å². The van der Waals surface area contributed by atoms with Gasteiger partial charge in [-0.1, -0.05) is 20.3 Å². The zero-order chi connectivity index (χ0) is 22.3. The van der Waals surface area contributed by atoms with E-state index in [9.17, 15) is 24.3 Å². The van der Waals surface area contributed by atoms with Gasteiger partial charge in [0.1, 0.15) is 6.10 Å². The average Bonchev–Trinajstić information content (AvgIpc) is 3.23. The normalized spacial score (nSPS) is 23.1. The summed E-state index contributed by atoms with van der Waals surface area (Å²) in [5.41, 5.74) is -1.00. The Morgan fingerprint density at radius 3 is 2.58 bits per heavy atom. The second kappa shape index (κ2) is 13.2. The number of unbranched alkanes of at least 4 members (excludes halogenated alkanes) is 1. The first-order chi connectivity index (χ1) is 14.1. The Bertz CT molecular complexity index is 664. The third-order valence-electron chi connectivity index (χ3n) is 5.31. The molecule has 0 bridgehead atoms. The van der Waals surface area contributed by atoms with Gasteiger partial charge in [-0.3, -0.25) is 14.4 Å². The summed E-state index contributed by atoms with van der Waals surface area (Å²) in [4.78, 5) is 46.6. The van der Waals surface area contributed by atoms with Gasteiger partial charge in [-0.25, -0.2) is 4.79 Å². The maximum absolute atomic E-state index is 11.8. The van der Waals surface area contributed by atoms with Crippen LogP contribution in [-0.4, -0.2) is 114 Å². The number of carbonyl (C=O) groups is 4. The van der Waals surface area contributed by atoms with Gasteiger partial charge in [-0.15, -0.1) is 0 Å². The molecule has 0 unspecified atom stereocenters. The number of hydrogen-bond acceptors (Lipinski definition) is 8. The van der Waals surface area contributed by atoms with Crippen LogP contribution in [0, 0.1) is 5.41 Å². The molecule has 4 atom stereocenters. The molecular weight excluding hydrogens is 454 g/mol. The Morgan fingerprint density at radius 1 is 1.23 bits per heavy atom. The van der Waals surface area contributed by atoms with Gasteiger partial charge >= 0.3 is 55.7 Å². The molecule has 0 aromatic heterocycles. The Labute approximate surface area is 216 Å². The maximum atomic E-state index is 11.8. The van der Waals surface area contributed by atoms with Crippen molar-refractivity contribution in [2.24, 2.45) is 5.41 Å². The monoisotopic (exact) mass is 487 g/mol. The number of nitrogens with one attached hydrogen (secondary N) is 3. The van der Waals surface area contributed by atoms with E-state index in [-0.39, 0.29) is 81.8 Å². The third-order valence-corrected chi connectivity index (χ3v) is 6.82. The second-order valence-electron chi connectivity index (χ2n) is 8.30. The molecule has 174 valence electrons. The van der Waals surface area contributed by atoms with E-state index >= 15 is 0 Å². The molecule has 2 aliphatic heterocycles. The Kier molecular flexibility index (Phi) is 12.1. The Morgan fingerprint density at radius 2 is 1.90 bits per heavy atom. The minimum atomic E-state index is -1.42. The molecule has 0 radical (unpaired) electrons. The number of esters is 2. The number of rotatable bonds is 11. The summed E-state index contributed by atoms with van der Waals surface area (Å²) >= 11 is 1.81. The molecule has 0 spiro atoms. The summed E-state index contributed by atoms with van der Waals surface area (Å²) in [7, 11) is 0. The first-order valence-corrected chi connectivity index (χ1v) is 11.2. The van der Waals surface area contributed by atoms with Gasteiger partial charge in [0, 0.05) is 29.4 Å². The van der Waals surface area contributed by atoms with Gasteiger partial charge < -0.3 is 30.9 Å². The van der Waals surface area contributed by atoms with E-state index in [0.29, 0.717) is 11.7 Å². The number of fused-ring (bicyclic) bond motifs is 1. The zero-order valence-electron chi connectivity index (χ0n) is 17.3. The molecule has 0 aromatic rings. The molecule has 0 saturated carbocycles. The molecule has 5 N–H and O–H groups in total. The Hall–Kier alpha value is -0.590. The second-order valence-corrected chi connectivity index (χ2v) is 9.58. The number of aliphatic hydroxyl groups excluding tert-OH is 2. The van der Waals surface area contributed by atoms with Gasteiger partial charge in [-0.2, -0.15) is 11.8 Å². The fraction of sp³-hybridized carbons (Fsp3) is 0.789. The van der Waals surface area contributed by atoms with Crippen LogP contribution < -0.4 is 16.0 Å². The van der Waals surface area contributed by atoms with E-state index in [4.69, 9.17) is 9.84 Å². The van der Waals surface area contributed by atoms with Crippen LogP contribution in [0.3, 0.4) is 0 Å². The van der Waals surface area contributed by atoms with E-state index in [0.717, 1.165) is 18.6 Å². The van der Waals surface area contributed by atoms with E-state index in [1.54, 1.807) is 0 Å². The summed E-state index contributed by atoms with van der Waals surface area (Å²) < 4.78 is 4.73. The van der Waals surface area contributed by atoms with Gasteiger partial charge in [0.2, 0.25) is 5.91 Å². The molecule has 31 heavy (non-hydrogen) atoms. The first-order valence-electron chi connectivity index (χ1n) is 10.1. The van der Waals surface area contributed by atoms with E-state index in [1.165, 1.54) is 13.8 Å². The van der Waals surface area contributed by atoms with Crippen molar-refractivity contribution in [2.45, 2.75) is 69.4 Å². The predicted octanol–water partition coefficient (Wildman–Crippen LogP) is -1.25. The van der Waals surface area contributed by atoms with Crippen LogP contribution >= 0.6 is 11.8 Å². The summed E-state index contributed by atoms with van der Waals surface area (Å²) in [5.74, 6) is -1.17. The van der Waals surface area contributed by atoms with Crippen LogP contribution in [0.25, 0.3) is 0 Å². The fourth-order valence-electron chi connectivity index (χ4n) is 3.31. The van der Waals surface area contributed by atoms with Crippen molar-refractivity contribution in [3.8, 4) is 0 Å². The molecule has 10 nitrogen and oxygen atoms in total. The predicted molar refractivity (Wildman–Crippen MR) is 118 cm³/mol. The third kappa shape index (κ3) is 8.70. The van der Waals surface area contributed by atoms with Crippen molar-refractivity contribution in [1.82, 2.24) is 16.0 Å². The number of urea groups is 1. The molecule has 12 heteroatoms. The van der Waals surface area contributed by atoms with Crippen molar-refractivity contribution in [1.29, 1.82) is 0 Å². The number of carbonyl (C=O) groups excluding carboxylic acids is 4. The molecule has 2 saturated heterocycles. The zero-order valence-corrected chi connectivity index (χ0v) is 18.1. The van der Waals surface area contributed by atoms with Crippen molar-refractivity contribution in [2.75, 3.05) is 18.9 Å². The molecule has 2 heterocycles. The fourth-order valence-corrected chi connectivity index (χ4v) is 4.86. The summed E-state index contributed by atoms with van der Waals surface area (Å²) in [6.07, 6.45) is 0.751. The van der Waals surface area contributed by atoms with Gasteiger partial charge in [0.15, 0.2) is 0 Å². The van der Waals surface area contributed by atoms with Gasteiger partial charge in [0.05, 0.1) is 25.1 Å². The number of thioether (sulfide) groups is 1. The molecular formula is C19H33CaN3O7S. The molecule has 0 aromatic carbocycles.